The molecule has 3 heterocycles. The first-order valence-corrected chi connectivity index (χ1v) is 15.3. The first-order valence-electron chi connectivity index (χ1n) is 13.9. The van der Waals surface area contributed by atoms with Crippen LogP contribution >= 0.6 is 24.0 Å². The zero-order valence-corrected chi connectivity index (χ0v) is 24.2. The van der Waals surface area contributed by atoms with Gasteiger partial charge in [0.1, 0.15) is 0 Å². The second-order valence-corrected chi connectivity index (χ2v) is 11.3. The molecule has 2 aliphatic rings. The van der Waals surface area contributed by atoms with Crippen molar-refractivity contribution < 1.29 is 0 Å². The highest BCUT2D eigenvalue weighted by Gasteiger charge is 2.13. The lowest BCUT2D eigenvalue weighted by Gasteiger charge is -2.17. The van der Waals surface area contributed by atoms with E-state index in [4.69, 9.17) is 4.98 Å². The quantitative estimate of drug-likeness (QED) is 0.109. The van der Waals surface area contributed by atoms with E-state index in [0.717, 1.165) is 65.2 Å². The molecule has 0 spiro atoms. The van der Waals surface area contributed by atoms with Crippen molar-refractivity contribution in [3.05, 3.63) is 89.1 Å². The highest BCUT2D eigenvalue weighted by molar-refractivity contribution is 7.83. The molecule has 0 atom stereocenters. The van der Waals surface area contributed by atoms with Gasteiger partial charge < -0.3 is 20.4 Å². The number of hydrogen-bond donors (Lipinski definition) is 3. The van der Waals surface area contributed by atoms with Crippen LogP contribution in [-0.4, -0.2) is 37.5 Å². The summed E-state index contributed by atoms with van der Waals surface area (Å²) in [5, 5.41) is 11.4. The molecule has 3 aromatic carbocycles. The van der Waals surface area contributed by atoms with Crippen molar-refractivity contribution in [2.45, 2.75) is 25.7 Å². The molecular weight excluding hydrogens is 533 g/mol. The Morgan fingerprint density at radius 1 is 0.775 bits per heavy atom. The zero-order valence-electron chi connectivity index (χ0n) is 22.5. The van der Waals surface area contributed by atoms with Gasteiger partial charge in [-0.2, -0.15) is 0 Å². The van der Waals surface area contributed by atoms with E-state index in [-0.39, 0.29) is 0 Å². The molecule has 2 N–H and O–H groups in total. The second-order valence-electron chi connectivity index (χ2n) is 10.1. The summed E-state index contributed by atoms with van der Waals surface area (Å²) in [5.41, 5.74) is 8.51. The normalized spacial score (nSPS) is 15.8. The third-order valence-corrected chi connectivity index (χ3v) is 8.47. The molecule has 2 saturated heterocycles. The maximum atomic E-state index is 4.80. The van der Waals surface area contributed by atoms with Crippen LogP contribution in [0.1, 0.15) is 31.2 Å². The molecule has 0 bridgehead atoms. The van der Waals surface area contributed by atoms with Gasteiger partial charge in [-0.25, -0.2) is 9.98 Å². The van der Waals surface area contributed by atoms with Crippen molar-refractivity contribution in [2.75, 3.05) is 46.6 Å². The topological polar surface area (TPSA) is 55.8 Å². The molecule has 0 radical (unpaired) electrons. The summed E-state index contributed by atoms with van der Waals surface area (Å²) < 4.78 is 0. The average molecular weight is 567 g/mol. The molecule has 1 aromatic heterocycles. The van der Waals surface area contributed by atoms with E-state index in [9.17, 15) is 0 Å². The van der Waals surface area contributed by atoms with Crippen LogP contribution < -0.4 is 20.4 Å². The predicted octanol–water partition coefficient (Wildman–Crippen LogP) is 8.12. The number of anilines is 5. The van der Waals surface area contributed by atoms with Gasteiger partial charge in [-0.05, 0) is 79.6 Å². The Kier molecular flexibility index (Phi) is 8.35. The smallest absolute Gasteiger partial charge is 0.187 e. The highest BCUT2D eigenvalue weighted by Crippen LogP contribution is 2.30. The van der Waals surface area contributed by atoms with Crippen molar-refractivity contribution in [2.24, 2.45) is 4.99 Å². The maximum Gasteiger partial charge on any atom is 0.187 e. The highest BCUT2D eigenvalue weighted by atomic mass is 32.1. The second kappa shape index (κ2) is 12.6. The Balaban J connectivity index is 1.02. The summed E-state index contributed by atoms with van der Waals surface area (Å²) in [5.74, 6) is 0. The summed E-state index contributed by atoms with van der Waals surface area (Å²) in [6.07, 6.45) is 6.83. The van der Waals surface area contributed by atoms with Crippen molar-refractivity contribution in [1.29, 1.82) is 0 Å². The van der Waals surface area contributed by atoms with E-state index in [1.54, 1.807) is 23.1 Å². The van der Waals surface area contributed by atoms with Crippen LogP contribution in [0.2, 0.25) is 0 Å². The predicted molar refractivity (Wildman–Crippen MR) is 176 cm³/mol. The minimum absolute atomic E-state index is 0.812. The van der Waals surface area contributed by atoms with E-state index < -0.39 is 0 Å². The van der Waals surface area contributed by atoms with Crippen LogP contribution in [0, 0.1) is 0 Å². The molecule has 0 saturated carbocycles. The molecular formula is C32H34N6S2. The molecule has 0 unspecified atom stereocenters. The zero-order chi connectivity index (χ0) is 27.1. The minimum atomic E-state index is 0.812. The van der Waals surface area contributed by atoms with Gasteiger partial charge in [0.25, 0.3) is 0 Å². The summed E-state index contributed by atoms with van der Waals surface area (Å²) in [6.45, 7) is 4.60. The number of hydrogen-bond acceptors (Lipinski definition) is 7. The van der Waals surface area contributed by atoms with E-state index in [2.05, 4.69) is 92.0 Å². The van der Waals surface area contributed by atoms with Gasteiger partial charge in [-0.1, -0.05) is 24.3 Å². The Hall–Kier alpha value is -3.75. The number of aliphatic imine (C=N–C) groups is 1. The Bertz CT molecular complexity index is 1450. The molecule has 40 heavy (non-hydrogen) atoms. The SMILES string of the molecule is S/C=C(\N=CNc1ccc(Nc2nc(-c3ccc(N4CCCC4)cc3)cs2)cc1)c1ccc(N2CCCC2)cc1. The summed E-state index contributed by atoms with van der Waals surface area (Å²) >= 11 is 5.99. The van der Waals surface area contributed by atoms with Gasteiger partial charge in [-0.15, -0.1) is 24.0 Å². The van der Waals surface area contributed by atoms with Gasteiger partial charge in [-0.3, -0.25) is 0 Å². The molecule has 6 rings (SSSR count). The maximum absolute atomic E-state index is 4.80. The number of rotatable bonds is 9. The fourth-order valence-corrected chi connectivity index (χ4v) is 6.19. The van der Waals surface area contributed by atoms with E-state index >= 15 is 0 Å². The van der Waals surface area contributed by atoms with Crippen molar-refractivity contribution in [1.82, 2.24) is 4.98 Å². The lowest BCUT2D eigenvalue weighted by Crippen LogP contribution is -2.17. The van der Waals surface area contributed by atoms with Gasteiger partial charge in [0.2, 0.25) is 0 Å². The monoisotopic (exact) mass is 566 g/mol. The van der Waals surface area contributed by atoms with Crippen LogP contribution in [-0.2, 0) is 0 Å². The number of benzene rings is 3. The Morgan fingerprint density at radius 3 is 1.95 bits per heavy atom. The van der Waals surface area contributed by atoms with Gasteiger partial charge in [0.15, 0.2) is 5.13 Å². The number of aromatic nitrogens is 1. The van der Waals surface area contributed by atoms with Crippen molar-refractivity contribution in [3.8, 4) is 11.3 Å². The molecule has 0 amide bonds. The standard InChI is InChI=1S/C32H34N6S2/c39-21-30(24-5-13-28(14-6-24)37-17-1-2-18-37)34-23-33-26-9-11-27(12-10-26)35-32-36-31(22-40-32)25-7-15-29(16-8-25)38-19-3-4-20-38/h5-16,21-23,39H,1-4,17-20H2,(H,33,34)(H,35,36)/b30-21-. The fraction of sp³-hybridized carbons (Fsp3) is 0.250. The summed E-state index contributed by atoms with van der Waals surface area (Å²) in [4.78, 5) is 14.3. The molecule has 4 aromatic rings. The molecule has 8 heteroatoms. The van der Waals surface area contributed by atoms with E-state index in [1.165, 1.54) is 37.1 Å². The Morgan fingerprint density at radius 2 is 1.35 bits per heavy atom. The van der Waals surface area contributed by atoms with Crippen molar-refractivity contribution >= 4 is 63.9 Å². The molecule has 0 aliphatic carbocycles. The summed E-state index contributed by atoms with van der Waals surface area (Å²) in [6, 6.07) is 25.4. The van der Waals surface area contributed by atoms with Crippen LogP contribution in [0.3, 0.4) is 0 Å². The first kappa shape index (κ1) is 26.5. The van der Waals surface area contributed by atoms with Crippen molar-refractivity contribution in [3.63, 3.8) is 0 Å². The number of thiazole rings is 1. The van der Waals surface area contributed by atoms with Crippen LogP contribution in [0.5, 0.6) is 0 Å². The van der Waals surface area contributed by atoms with E-state index in [1.807, 2.05) is 24.3 Å². The number of nitrogens with zero attached hydrogens (tertiary/aromatic N) is 4. The van der Waals surface area contributed by atoms with Crippen LogP contribution in [0.25, 0.3) is 17.0 Å². The fourth-order valence-electron chi connectivity index (χ4n) is 5.23. The summed E-state index contributed by atoms with van der Waals surface area (Å²) in [7, 11) is 0. The van der Waals surface area contributed by atoms with Gasteiger partial charge >= 0.3 is 0 Å². The molecule has 6 nitrogen and oxygen atoms in total. The molecule has 2 fully saturated rings. The third kappa shape index (κ3) is 6.35. The lowest BCUT2D eigenvalue weighted by atomic mass is 10.1. The lowest BCUT2D eigenvalue weighted by molar-refractivity contribution is 0.949. The van der Waals surface area contributed by atoms with Gasteiger partial charge in [0.05, 0.1) is 17.7 Å². The average Bonchev–Trinajstić information content (AvgIpc) is 3.80. The Labute approximate surface area is 245 Å². The number of nitrogens with one attached hydrogen (secondary N) is 2. The minimum Gasteiger partial charge on any atom is -0.372 e. The van der Waals surface area contributed by atoms with Gasteiger partial charge in [0, 0.05) is 65.4 Å². The van der Waals surface area contributed by atoms with Crippen LogP contribution in [0.4, 0.5) is 27.9 Å². The molecule has 204 valence electrons. The largest absolute Gasteiger partial charge is 0.372 e. The number of thiol groups is 1. The van der Waals surface area contributed by atoms with Crippen LogP contribution in [0.15, 0.2) is 88.6 Å². The molecule has 2 aliphatic heterocycles. The first-order chi connectivity index (χ1) is 19.7. The third-order valence-electron chi connectivity index (χ3n) is 7.47. The van der Waals surface area contributed by atoms with E-state index in [0.29, 0.717) is 0 Å².